The molecule has 0 radical (unpaired) electrons. The van der Waals surface area contributed by atoms with E-state index >= 15 is 0 Å². The number of aryl methyl sites for hydroxylation is 1. The lowest BCUT2D eigenvalue weighted by molar-refractivity contribution is -0.159. The predicted octanol–water partition coefficient (Wildman–Crippen LogP) is 5.09. The molecular weight excluding hydrogens is 411 g/mol. The first-order valence-corrected chi connectivity index (χ1v) is 10.0. The first-order valence-electron chi connectivity index (χ1n) is 8.37. The van der Waals surface area contributed by atoms with Crippen molar-refractivity contribution in [2.45, 2.75) is 49.3 Å². The molecule has 27 heavy (non-hydrogen) atoms. The van der Waals surface area contributed by atoms with Crippen LogP contribution in [-0.2, 0) is 16.1 Å². The molecule has 1 unspecified atom stereocenters. The van der Waals surface area contributed by atoms with Crippen molar-refractivity contribution in [1.82, 2.24) is 9.55 Å². The average molecular weight is 433 g/mol. The highest BCUT2D eigenvalue weighted by Crippen LogP contribution is 2.35. The Labute approximate surface area is 172 Å². The zero-order valence-electron chi connectivity index (χ0n) is 14.8. The number of rotatable bonds is 8. The fourth-order valence-corrected chi connectivity index (χ4v) is 3.88. The van der Waals surface area contributed by atoms with E-state index in [1.54, 1.807) is 0 Å². The number of hydrogen-bond acceptors (Lipinski definition) is 4. The standard InChI is InChI=1S/C16H20Cl2N2S.C2H2O4/c1-2-3-4-14(7-9-20-10-8-19-12-20)21-16-6-5-13(17)11-15(16)18;3-1(4)2(5)6/h5-6,8,10-12,14H,2-4,7,9H2,1H3;(H,3,4)(H,5,6). The highest BCUT2D eigenvalue weighted by molar-refractivity contribution is 8.00. The van der Waals surface area contributed by atoms with Crippen LogP contribution in [0.2, 0.25) is 10.0 Å². The summed E-state index contributed by atoms with van der Waals surface area (Å²) in [5.41, 5.74) is 0. The van der Waals surface area contributed by atoms with E-state index in [0.29, 0.717) is 10.3 Å². The summed E-state index contributed by atoms with van der Waals surface area (Å²) in [4.78, 5) is 23.4. The number of halogens is 2. The minimum absolute atomic E-state index is 0.561. The SMILES string of the molecule is CCCCC(CCn1ccnc1)Sc1ccc(Cl)cc1Cl.O=C(O)C(=O)O. The van der Waals surface area contributed by atoms with Gasteiger partial charge in [-0.3, -0.25) is 0 Å². The number of carboxylic acid groups (broad SMARTS) is 2. The van der Waals surface area contributed by atoms with E-state index in [1.165, 1.54) is 19.3 Å². The fourth-order valence-electron chi connectivity index (χ4n) is 2.16. The van der Waals surface area contributed by atoms with Crippen LogP contribution in [0.4, 0.5) is 0 Å². The molecule has 0 saturated heterocycles. The van der Waals surface area contributed by atoms with Gasteiger partial charge in [0.2, 0.25) is 0 Å². The van der Waals surface area contributed by atoms with Crippen molar-refractivity contribution in [3.05, 3.63) is 47.0 Å². The maximum Gasteiger partial charge on any atom is 0.414 e. The van der Waals surface area contributed by atoms with E-state index in [9.17, 15) is 0 Å². The summed E-state index contributed by atoms with van der Waals surface area (Å²) in [6.07, 6.45) is 10.5. The Balaban J connectivity index is 0.000000527. The zero-order chi connectivity index (χ0) is 20.2. The highest BCUT2D eigenvalue weighted by atomic mass is 35.5. The first-order chi connectivity index (χ1) is 12.8. The predicted molar refractivity (Wildman–Crippen MR) is 108 cm³/mol. The van der Waals surface area contributed by atoms with Crippen LogP contribution in [0.25, 0.3) is 0 Å². The summed E-state index contributed by atoms with van der Waals surface area (Å²) in [5, 5.41) is 16.8. The van der Waals surface area contributed by atoms with Crippen LogP contribution in [0, 0.1) is 0 Å². The molecule has 2 N–H and O–H groups in total. The normalized spacial score (nSPS) is 11.4. The quantitative estimate of drug-likeness (QED) is 0.445. The molecule has 1 heterocycles. The van der Waals surface area contributed by atoms with Crippen molar-refractivity contribution in [1.29, 1.82) is 0 Å². The van der Waals surface area contributed by atoms with E-state index in [4.69, 9.17) is 43.0 Å². The molecule has 0 aliphatic heterocycles. The number of aromatic nitrogens is 2. The van der Waals surface area contributed by atoms with Gasteiger partial charge in [-0.15, -0.1) is 11.8 Å². The van der Waals surface area contributed by atoms with Crippen LogP contribution >= 0.6 is 35.0 Å². The number of benzene rings is 1. The molecule has 0 aliphatic carbocycles. The van der Waals surface area contributed by atoms with Crippen molar-refractivity contribution in [2.24, 2.45) is 0 Å². The van der Waals surface area contributed by atoms with Crippen LogP contribution in [0.1, 0.15) is 32.6 Å². The van der Waals surface area contributed by atoms with Crippen molar-refractivity contribution in [3.8, 4) is 0 Å². The highest BCUT2D eigenvalue weighted by Gasteiger charge is 2.13. The van der Waals surface area contributed by atoms with E-state index in [0.717, 1.165) is 22.9 Å². The molecule has 0 bridgehead atoms. The number of aliphatic carboxylic acids is 2. The maximum atomic E-state index is 9.10. The Kier molecular flexibility index (Phi) is 10.9. The summed E-state index contributed by atoms with van der Waals surface area (Å²) < 4.78 is 2.13. The van der Waals surface area contributed by atoms with Crippen LogP contribution in [0.3, 0.4) is 0 Å². The summed E-state index contributed by atoms with van der Waals surface area (Å²) in [6, 6.07) is 5.74. The van der Waals surface area contributed by atoms with Gasteiger partial charge in [0.25, 0.3) is 0 Å². The third kappa shape index (κ3) is 9.70. The average Bonchev–Trinajstić information content (AvgIpc) is 3.13. The van der Waals surface area contributed by atoms with E-state index in [2.05, 4.69) is 16.5 Å². The van der Waals surface area contributed by atoms with Gasteiger partial charge in [0, 0.05) is 34.1 Å². The topological polar surface area (TPSA) is 92.4 Å². The molecule has 1 atom stereocenters. The molecule has 0 fully saturated rings. The maximum absolute atomic E-state index is 9.10. The van der Waals surface area contributed by atoms with Gasteiger partial charge in [0.15, 0.2) is 0 Å². The van der Waals surface area contributed by atoms with E-state index in [1.807, 2.05) is 48.7 Å². The molecule has 1 aromatic carbocycles. The van der Waals surface area contributed by atoms with Crippen LogP contribution < -0.4 is 0 Å². The van der Waals surface area contributed by atoms with Crippen LogP contribution in [0.5, 0.6) is 0 Å². The number of hydrogen-bond donors (Lipinski definition) is 2. The molecule has 0 spiro atoms. The second-order valence-corrected chi connectivity index (χ2v) is 7.84. The van der Waals surface area contributed by atoms with Gasteiger partial charge < -0.3 is 14.8 Å². The minimum Gasteiger partial charge on any atom is -0.473 e. The van der Waals surface area contributed by atoms with E-state index in [-0.39, 0.29) is 0 Å². The van der Waals surface area contributed by atoms with Gasteiger partial charge >= 0.3 is 11.9 Å². The number of imidazole rings is 1. The number of carboxylic acids is 2. The molecule has 0 amide bonds. The summed E-state index contributed by atoms with van der Waals surface area (Å²) in [5.74, 6) is -3.65. The molecule has 0 saturated carbocycles. The Morgan fingerprint density at radius 1 is 1.22 bits per heavy atom. The van der Waals surface area contributed by atoms with Crippen molar-refractivity contribution >= 4 is 46.9 Å². The van der Waals surface area contributed by atoms with Crippen molar-refractivity contribution in [2.75, 3.05) is 0 Å². The molecule has 2 aromatic rings. The van der Waals surface area contributed by atoms with Gasteiger partial charge in [0.05, 0.1) is 11.3 Å². The Morgan fingerprint density at radius 3 is 2.44 bits per heavy atom. The van der Waals surface area contributed by atoms with E-state index < -0.39 is 11.9 Å². The monoisotopic (exact) mass is 432 g/mol. The fraction of sp³-hybridized carbons (Fsp3) is 0.389. The van der Waals surface area contributed by atoms with Gasteiger partial charge in [-0.1, -0.05) is 43.0 Å². The zero-order valence-corrected chi connectivity index (χ0v) is 17.2. The molecular formula is C18H22Cl2N2O4S. The number of thioether (sulfide) groups is 1. The number of carbonyl (C=O) groups is 2. The summed E-state index contributed by atoms with van der Waals surface area (Å²) >= 11 is 14.1. The molecule has 6 nitrogen and oxygen atoms in total. The molecule has 9 heteroatoms. The third-order valence-electron chi connectivity index (χ3n) is 3.52. The molecule has 0 aliphatic rings. The lowest BCUT2D eigenvalue weighted by Gasteiger charge is -2.17. The summed E-state index contributed by atoms with van der Waals surface area (Å²) in [7, 11) is 0. The summed E-state index contributed by atoms with van der Waals surface area (Å²) in [6.45, 7) is 3.22. The molecule has 1 aromatic heterocycles. The first kappa shape index (κ1) is 23.3. The lowest BCUT2D eigenvalue weighted by Crippen LogP contribution is -2.09. The van der Waals surface area contributed by atoms with Gasteiger partial charge in [-0.2, -0.15) is 0 Å². The number of unbranched alkanes of at least 4 members (excludes halogenated alkanes) is 1. The van der Waals surface area contributed by atoms with Crippen LogP contribution in [0.15, 0.2) is 41.8 Å². The van der Waals surface area contributed by atoms with Gasteiger partial charge in [0.1, 0.15) is 0 Å². The lowest BCUT2D eigenvalue weighted by atomic mass is 10.1. The second kappa shape index (κ2) is 12.6. The smallest absolute Gasteiger partial charge is 0.414 e. The van der Waals surface area contributed by atoms with Gasteiger partial charge in [-0.05, 0) is 31.0 Å². The number of nitrogens with zero attached hydrogens (tertiary/aromatic N) is 2. The Morgan fingerprint density at radius 2 is 1.93 bits per heavy atom. The minimum atomic E-state index is -1.82. The third-order valence-corrected chi connectivity index (χ3v) is 5.59. The molecule has 148 valence electrons. The molecule has 2 rings (SSSR count). The second-order valence-electron chi connectivity index (χ2n) is 5.66. The van der Waals surface area contributed by atoms with Crippen LogP contribution in [-0.4, -0.2) is 37.0 Å². The Hall–Kier alpha value is -1.70. The van der Waals surface area contributed by atoms with Crippen molar-refractivity contribution < 1.29 is 19.8 Å². The Bertz CT molecular complexity index is 714. The largest absolute Gasteiger partial charge is 0.473 e. The van der Waals surface area contributed by atoms with Crippen molar-refractivity contribution in [3.63, 3.8) is 0 Å². The van der Waals surface area contributed by atoms with Gasteiger partial charge in [-0.25, -0.2) is 14.6 Å².